The predicted molar refractivity (Wildman–Crippen MR) is 124 cm³/mol. The monoisotopic (exact) mass is 537 g/mol. The summed E-state index contributed by atoms with van der Waals surface area (Å²) in [6, 6.07) is 12.5. The zero-order valence-electron chi connectivity index (χ0n) is 18.2. The van der Waals surface area contributed by atoms with E-state index in [1.165, 1.54) is 0 Å². The molecule has 0 bridgehead atoms. The molecule has 0 saturated carbocycles. The second-order valence-electron chi connectivity index (χ2n) is 7.83. The number of sulfonamides is 1. The lowest BCUT2D eigenvalue weighted by Crippen LogP contribution is -2.46. The highest BCUT2D eigenvalue weighted by Gasteiger charge is 2.47. The summed E-state index contributed by atoms with van der Waals surface area (Å²) in [6.45, 7) is 2.75. The number of nitrogens with one attached hydrogen (secondary N) is 2. The van der Waals surface area contributed by atoms with Gasteiger partial charge >= 0.3 is 5.51 Å². The quantitative estimate of drug-likeness (QED) is 0.335. The first-order valence-electron chi connectivity index (χ1n) is 10.6. The van der Waals surface area contributed by atoms with Gasteiger partial charge in [0.05, 0.1) is 9.79 Å². The van der Waals surface area contributed by atoms with Gasteiger partial charge in [0.25, 0.3) is 19.9 Å². The van der Waals surface area contributed by atoms with E-state index in [1.54, 1.807) is 11.8 Å². The van der Waals surface area contributed by atoms with Gasteiger partial charge in [0.2, 0.25) is 0 Å². The number of sulfone groups is 1. The predicted octanol–water partition coefficient (Wildman–Crippen LogP) is 3.41. The second kappa shape index (κ2) is 11.4. The maximum atomic E-state index is 12.9. The number of halogens is 3. The molecule has 2 N–H and O–H groups in total. The van der Waals surface area contributed by atoms with Gasteiger partial charge < -0.3 is 4.90 Å². The fraction of sp³-hybridized carbons (Fsp3) is 0.429. The number of hydrogen-bond donors (Lipinski definition) is 2. The minimum atomic E-state index is -5.67. The van der Waals surface area contributed by atoms with Crippen LogP contribution < -0.4 is 10.3 Å². The smallest absolute Gasteiger partial charge is 0.303 e. The molecule has 1 aliphatic rings. The van der Waals surface area contributed by atoms with E-state index in [1.807, 2.05) is 30.3 Å². The van der Waals surface area contributed by atoms with E-state index < -0.39 is 35.2 Å². The van der Waals surface area contributed by atoms with Gasteiger partial charge in [-0.1, -0.05) is 24.3 Å². The molecule has 1 aliphatic heterocycles. The fourth-order valence-electron chi connectivity index (χ4n) is 3.42. The average Bonchev–Trinajstić information content (AvgIpc) is 3.32. The van der Waals surface area contributed by atoms with Crippen molar-refractivity contribution in [2.24, 2.45) is 0 Å². The third-order valence-electron chi connectivity index (χ3n) is 5.32. The molecule has 2 aromatic carbocycles. The molecule has 13 heteroatoms. The van der Waals surface area contributed by atoms with Crippen LogP contribution in [0.4, 0.5) is 13.2 Å². The lowest BCUT2D eigenvalue weighted by atomic mass is 10.2. The number of hydrazine groups is 1. The largest absolute Gasteiger partial charge is 0.501 e. The highest BCUT2D eigenvalue weighted by atomic mass is 32.2. The van der Waals surface area contributed by atoms with Gasteiger partial charge in [-0.25, -0.2) is 22.3 Å². The summed E-state index contributed by atoms with van der Waals surface area (Å²) in [5, 5.41) is 0. The molecule has 3 rings (SSSR count). The zero-order valence-corrected chi connectivity index (χ0v) is 20.6. The Morgan fingerprint density at radius 1 is 0.941 bits per heavy atom. The molecule has 1 fully saturated rings. The van der Waals surface area contributed by atoms with Gasteiger partial charge in [-0.05, 0) is 69.2 Å². The van der Waals surface area contributed by atoms with Crippen LogP contribution in [-0.4, -0.2) is 58.7 Å². The van der Waals surface area contributed by atoms with Crippen LogP contribution in [0.2, 0.25) is 0 Å². The molecule has 0 unspecified atom stereocenters. The molecule has 34 heavy (non-hydrogen) atoms. The lowest BCUT2D eigenvalue weighted by molar-refractivity contribution is -0.0436. The van der Waals surface area contributed by atoms with E-state index in [-0.39, 0.29) is 6.04 Å². The van der Waals surface area contributed by atoms with Crippen molar-refractivity contribution in [3.63, 3.8) is 0 Å². The molecule has 0 aliphatic carbocycles. The van der Waals surface area contributed by atoms with E-state index >= 15 is 0 Å². The maximum absolute atomic E-state index is 12.9. The van der Waals surface area contributed by atoms with Crippen LogP contribution in [-0.2, 0) is 19.9 Å². The van der Waals surface area contributed by atoms with Gasteiger partial charge in [-0.15, -0.1) is 16.6 Å². The number of nitrogens with zero attached hydrogens (tertiary/aromatic N) is 1. The van der Waals surface area contributed by atoms with E-state index in [2.05, 4.69) is 15.2 Å². The molecule has 1 atom stereocenters. The van der Waals surface area contributed by atoms with Gasteiger partial charge in [-0.2, -0.15) is 13.2 Å². The number of benzene rings is 2. The van der Waals surface area contributed by atoms with Crippen molar-refractivity contribution in [1.82, 2.24) is 15.2 Å². The first-order valence-corrected chi connectivity index (χ1v) is 14.5. The third-order valence-corrected chi connectivity index (χ3v) is 9.23. The molecule has 1 heterocycles. The average molecular weight is 538 g/mol. The maximum Gasteiger partial charge on any atom is 0.501 e. The van der Waals surface area contributed by atoms with Crippen LogP contribution >= 0.6 is 11.8 Å². The Labute approximate surface area is 202 Å². The molecule has 0 radical (unpaired) electrons. The Kier molecular flexibility index (Phi) is 9.04. The number of thioether (sulfide) groups is 1. The topological polar surface area (TPSA) is 95.6 Å². The summed E-state index contributed by atoms with van der Waals surface area (Å²) in [5.74, 6) is 0.545. The van der Waals surface area contributed by atoms with Crippen molar-refractivity contribution in [3.8, 4) is 0 Å². The minimum absolute atomic E-state index is 0.275. The second-order valence-corrected chi connectivity index (χ2v) is 12.5. The lowest BCUT2D eigenvalue weighted by Gasteiger charge is -2.22. The zero-order chi connectivity index (χ0) is 24.8. The summed E-state index contributed by atoms with van der Waals surface area (Å²) >= 11 is 1.55. The molecule has 188 valence electrons. The van der Waals surface area contributed by atoms with Gasteiger partial charge in [0, 0.05) is 16.7 Å². The molecular formula is C21H26F3N3O4S3. The summed E-state index contributed by atoms with van der Waals surface area (Å²) in [6.07, 6.45) is 2.90. The molecular weight excluding hydrogens is 511 g/mol. The van der Waals surface area contributed by atoms with Crippen LogP contribution in [0.3, 0.4) is 0 Å². The van der Waals surface area contributed by atoms with Crippen molar-refractivity contribution in [2.45, 2.75) is 45.5 Å². The Morgan fingerprint density at radius 2 is 1.59 bits per heavy atom. The Bertz CT molecular complexity index is 1150. The Balaban J connectivity index is 1.70. The molecule has 7 nitrogen and oxygen atoms in total. The SMILES string of the molecule is O=S(=O)(NN[C@H](CCN1CCCC1)CSc1ccccc1)c1cccc(S(=O)(=O)C(F)(F)F)c1. The molecule has 0 spiro atoms. The Morgan fingerprint density at radius 3 is 2.24 bits per heavy atom. The van der Waals surface area contributed by atoms with Crippen LogP contribution in [0.25, 0.3) is 0 Å². The van der Waals surface area contributed by atoms with Crippen molar-refractivity contribution >= 4 is 31.6 Å². The standard InChI is InChI=1S/C21H26F3N3O4S3/c22-21(23,24)33(28,29)19-9-6-10-20(15-19)34(30,31)26-25-17(11-14-27-12-4-5-13-27)16-32-18-7-2-1-3-8-18/h1-3,6-10,15,17,25-26H,4-5,11-14,16H2/t17-/m1/s1. The first-order chi connectivity index (χ1) is 16.0. The third kappa shape index (κ3) is 7.18. The van der Waals surface area contributed by atoms with E-state index in [9.17, 15) is 30.0 Å². The number of alkyl halides is 3. The Hall–Kier alpha value is -1.64. The first kappa shape index (κ1) is 27.0. The van der Waals surface area contributed by atoms with Gasteiger partial charge in [0.1, 0.15) is 0 Å². The van der Waals surface area contributed by atoms with Crippen molar-refractivity contribution in [2.75, 3.05) is 25.4 Å². The van der Waals surface area contributed by atoms with E-state index in [0.717, 1.165) is 49.5 Å². The van der Waals surface area contributed by atoms with Gasteiger partial charge in [0.15, 0.2) is 0 Å². The van der Waals surface area contributed by atoms with Crippen molar-refractivity contribution < 1.29 is 30.0 Å². The summed E-state index contributed by atoms with van der Waals surface area (Å²) in [7, 11) is -9.99. The summed E-state index contributed by atoms with van der Waals surface area (Å²) < 4.78 is 87.4. The summed E-state index contributed by atoms with van der Waals surface area (Å²) in [5.41, 5.74) is -2.75. The summed E-state index contributed by atoms with van der Waals surface area (Å²) in [4.78, 5) is 3.81. The molecule has 2 aromatic rings. The number of likely N-dealkylation sites (tertiary alicyclic amines) is 1. The highest BCUT2D eigenvalue weighted by molar-refractivity contribution is 7.99. The molecule has 0 amide bonds. The van der Waals surface area contributed by atoms with Crippen molar-refractivity contribution in [3.05, 3.63) is 54.6 Å². The highest BCUT2D eigenvalue weighted by Crippen LogP contribution is 2.31. The van der Waals surface area contributed by atoms with Crippen LogP contribution in [0, 0.1) is 0 Å². The van der Waals surface area contributed by atoms with Crippen LogP contribution in [0.5, 0.6) is 0 Å². The fourth-order valence-corrected chi connectivity index (χ4v) is 6.27. The van der Waals surface area contributed by atoms with Gasteiger partial charge in [-0.3, -0.25) is 0 Å². The normalized spacial score (nSPS) is 16.6. The van der Waals surface area contributed by atoms with E-state index in [0.29, 0.717) is 24.3 Å². The van der Waals surface area contributed by atoms with Crippen LogP contribution in [0.15, 0.2) is 69.3 Å². The van der Waals surface area contributed by atoms with Crippen LogP contribution in [0.1, 0.15) is 19.3 Å². The number of hydrogen-bond acceptors (Lipinski definition) is 7. The van der Waals surface area contributed by atoms with Crippen molar-refractivity contribution in [1.29, 1.82) is 0 Å². The number of rotatable bonds is 11. The molecule has 0 aromatic heterocycles. The minimum Gasteiger partial charge on any atom is -0.303 e. The van der Waals surface area contributed by atoms with E-state index in [4.69, 9.17) is 0 Å². The molecule has 1 saturated heterocycles.